The van der Waals surface area contributed by atoms with Crippen molar-refractivity contribution in [3.8, 4) is 0 Å². The lowest BCUT2D eigenvalue weighted by atomic mass is 9.74. The molecule has 11 nitrogen and oxygen atoms in total. The first-order valence-corrected chi connectivity index (χ1v) is 17.2. The molecule has 0 aliphatic carbocycles. The van der Waals surface area contributed by atoms with Crippen molar-refractivity contribution in [3.05, 3.63) is 0 Å². The zero-order chi connectivity index (χ0) is 34.7. The maximum absolute atomic E-state index is 14.2. The summed E-state index contributed by atoms with van der Waals surface area (Å²) in [5.41, 5.74) is -2.23. The number of Topliss-reactive ketones (excluding diaryl/α,β-unsaturated/α-hetero) is 1. The maximum atomic E-state index is 14.2. The monoisotopic (exact) mass is 652 g/mol. The number of ether oxygens (including phenoxy) is 4. The molecule has 1 amide bonds. The van der Waals surface area contributed by atoms with E-state index >= 15 is 0 Å². The van der Waals surface area contributed by atoms with Gasteiger partial charge in [0.05, 0.1) is 24.4 Å². The van der Waals surface area contributed by atoms with E-state index in [0.29, 0.717) is 32.5 Å². The molecule has 3 saturated heterocycles. The quantitative estimate of drug-likeness (QED) is 0.287. The first-order valence-electron chi connectivity index (χ1n) is 17.2. The summed E-state index contributed by atoms with van der Waals surface area (Å²) < 4.78 is 25.3. The van der Waals surface area contributed by atoms with Gasteiger partial charge in [-0.3, -0.25) is 24.2 Å². The van der Waals surface area contributed by atoms with Crippen LogP contribution in [0.5, 0.6) is 0 Å². The molecule has 0 radical (unpaired) electrons. The molecular weight excluding hydrogens is 588 g/mol. The van der Waals surface area contributed by atoms with Gasteiger partial charge in [-0.15, -0.1) is 0 Å². The topological polar surface area (TPSA) is 101 Å². The highest BCUT2D eigenvalue weighted by Crippen LogP contribution is 2.38. The molecular formula is C35H64N4O7. The van der Waals surface area contributed by atoms with Gasteiger partial charge in [0.1, 0.15) is 12.0 Å². The minimum atomic E-state index is -1.39. The highest BCUT2D eigenvalue weighted by Gasteiger charge is 2.51. The van der Waals surface area contributed by atoms with E-state index in [9.17, 15) is 14.4 Å². The molecule has 3 rings (SSSR count). The maximum Gasteiger partial charge on any atom is 0.319 e. The molecule has 3 fully saturated rings. The second-order valence-electron chi connectivity index (χ2n) is 15.8. The third-order valence-corrected chi connectivity index (χ3v) is 10.9. The van der Waals surface area contributed by atoms with E-state index < -0.39 is 35.3 Å². The number of amides is 1. The lowest BCUT2D eigenvalue weighted by Gasteiger charge is -2.47. The van der Waals surface area contributed by atoms with Crippen LogP contribution in [-0.2, 0) is 33.3 Å². The van der Waals surface area contributed by atoms with E-state index in [4.69, 9.17) is 18.9 Å². The number of carbonyl (C=O) groups is 3. The highest BCUT2D eigenvalue weighted by molar-refractivity contribution is 6.04. The van der Waals surface area contributed by atoms with Crippen molar-refractivity contribution in [2.45, 2.75) is 117 Å². The van der Waals surface area contributed by atoms with Crippen LogP contribution in [0, 0.1) is 23.2 Å². The van der Waals surface area contributed by atoms with Crippen LogP contribution in [-0.4, -0.2) is 148 Å². The van der Waals surface area contributed by atoms with Crippen LogP contribution in [0.1, 0.15) is 74.7 Å². The Morgan fingerprint density at radius 2 is 1.67 bits per heavy atom. The molecule has 0 aromatic carbocycles. The Morgan fingerprint density at radius 1 is 1.04 bits per heavy atom. The van der Waals surface area contributed by atoms with Crippen LogP contribution in [0.3, 0.4) is 0 Å². The van der Waals surface area contributed by atoms with Crippen LogP contribution in [0.15, 0.2) is 0 Å². The summed E-state index contributed by atoms with van der Waals surface area (Å²) in [6, 6.07) is 0.477. The van der Waals surface area contributed by atoms with Gasteiger partial charge in [-0.2, -0.15) is 0 Å². The Morgan fingerprint density at radius 3 is 2.24 bits per heavy atom. The van der Waals surface area contributed by atoms with Crippen LogP contribution in [0.25, 0.3) is 0 Å². The fourth-order valence-electron chi connectivity index (χ4n) is 7.46. The normalized spacial score (nSPS) is 35.8. The molecule has 3 aliphatic rings. The molecule has 0 aromatic rings. The number of hydrogen-bond acceptors (Lipinski definition) is 10. The van der Waals surface area contributed by atoms with Crippen LogP contribution in [0.4, 0.5) is 0 Å². The van der Waals surface area contributed by atoms with Gasteiger partial charge in [0.25, 0.3) is 0 Å². The van der Waals surface area contributed by atoms with Crippen molar-refractivity contribution in [1.82, 2.24) is 19.6 Å². The van der Waals surface area contributed by atoms with Gasteiger partial charge in [-0.1, -0.05) is 13.8 Å². The molecule has 46 heavy (non-hydrogen) atoms. The SMILES string of the molecule is CO[C@]1(C)C[C@@H](C)CN(C)[C@H](C2CN(C(=O)CN(C)C(C)C)C2)COC(=O)C(C)(C)C(=O)[C@H](C)[C@H]1O[C@H]1C[C@@H](N(C)C)C[C@@H](C)O1. The fourth-order valence-corrected chi connectivity index (χ4v) is 7.46. The minimum absolute atomic E-state index is 0.00508. The third-order valence-electron chi connectivity index (χ3n) is 10.9. The Balaban J connectivity index is 1.87. The molecule has 0 N–H and O–H groups in total. The smallest absolute Gasteiger partial charge is 0.319 e. The summed E-state index contributed by atoms with van der Waals surface area (Å²) in [5, 5.41) is 0. The lowest BCUT2D eigenvalue weighted by Crippen LogP contribution is -2.61. The molecule has 3 aliphatic heterocycles. The Bertz CT molecular complexity index is 1050. The van der Waals surface area contributed by atoms with Crippen molar-refractivity contribution in [3.63, 3.8) is 0 Å². The summed E-state index contributed by atoms with van der Waals surface area (Å²) >= 11 is 0. The van der Waals surface area contributed by atoms with Gasteiger partial charge >= 0.3 is 5.97 Å². The predicted octanol–water partition coefficient (Wildman–Crippen LogP) is 3.15. The van der Waals surface area contributed by atoms with Crippen molar-refractivity contribution in [2.75, 3.05) is 68.1 Å². The van der Waals surface area contributed by atoms with Gasteiger partial charge in [0, 0.05) is 63.1 Å². The summed E-state index contributed by atoms with van der Waals surface area (Å²) in [5.74, 6) is -1.03. The second-order valence-corrected chi connectivity index (χ2v) is 15.8. The van der Waals surface area contributed by atoms with E-state index in [0.717, 1.165) is 13.0 Å². The Labute approximate surface area is 278 Å². The average molecular weight is 653 g/mol. The predicted molar refractivity (Wildman–Crippen MR) is 178 cm³/mol. The van der Waals surface area contributed by atoms with E-state index in [1.165, 1.54) is 0 Å². The van der Waals surface area contributed by atoms with E-state index in [1.807, 2.05) is 30.7 Å². The van der Waals surface area contributed by atoms with Crippen LogP contribution in [0.2, 0.25) is 0 Å². The van der Waals surface area contributed by atoms with Gasteiger partial charge in [-0.05, 0) is 88.5 Å². The fraction of sp³-hybridized carbons (Fsp3) is 0.914. The Kier molecular flexibility index (Phi) is 13.3. The van der Waals surface area contributed by atoms with Gasteiger partial charge < -0.3 is 28.7 Å². The minimum Gasteiger partial charge on any atom is -0.463 e. The summed E-state index contributed by atoms with van der Waals surface area (Å²) in [6.07, 6.45) is 1.05. The number of likely N-dealkylation sites (tertiary alicyclic amines) is 1. The van der Waals surface area contributed by atoms with E-state index in [1.54, 1.807) is 21.0 Å². The van der Waals surface area contributed by atoms with Crippen molar-refractivity contribution in [1.29, 1.82) is 0 Å². The van der Waals surface area contributed by atoms with Crippen LogP contribution < -0.4 is 0 Å². The molecule has 11 heteroatoms. The summed E-state index contributed by atoms with van der Waals surface area (Å²) in [6.45, 7) is 18.0. The van der Waals surface area contributed by atoms with Crippen LogP contribution >= 0.6 is 0 Å². The van der Waals surface area contributed by atoms with Gasteiger partial charge in [0.15, 0.2) is 12.1 Å². The number of methoxy groups -OCH3 is 1. The van der Waals surface area contributed by atoms with Crippen molar-refractivity contribution in [2.24, 2.45) is 23.2 Å². The number of hydrogen-bond donors (Lipinski definition) is 0. The molecule has 0 bridgehead atoms. The molecule has 0 aromatic heterocycles. The molecule has 0 unspecified atom stereocenters. The molecule has 8 atom stereocenters. The zero-order valence-electron chi connectivity index (χ0n) is 31.0. The number of ketones is 1. The summed E-state index contributed by atoms with van der Waals surface area (Å²) in [4.78, 5) is 49.1. The molecule has 0 saturated carbocycles. The Hall–Kier alpha value is -1.63. The lowest BCUT2D eigenvalue weighted by molar-refractivity contribution is -0.263. The second kappa shape index (κ2) is 15.7. The first-order chi connectivity index (χ1) is 21.3. The largest absolute Gasteiger partial charge is 0.463 e. The number of carbonyl (C=O) groups excluding carboxylic acids is 3. The standard InChI is InChI=1S/C35H64N4O7/c1-22(2)37(11)20-29(40)39-18-26(19-39)28-21-44-33(42)34(6,7)31(41)25(5)32(35(8,43-13)16-23(3)17-38(28)12)46-30-15-27(36(9)10)14-24(4)45-30/h22-28,30,32H,14-21H2,1-13H3/t23-,24-,25+,27+,28+,30+,32-,35-/m1/s1. The van der Waals surface area contributed by atoms with E-state index in [-0.39, 0.29) is 54.4 Å². The first kappa shape index (κ1) is 38.8. The zero-order valence-corrected chi connectivity index (χ0v) is 31.0. The van der Waals surface area contributed by atoms with Crippen molar-refractivity contribution >= 4 is 17.7 Å². The van der Waals surface area contributed by atoms with Gasteiger partial charge in [-0.25, -0.2) is 0 Å². The number of nitrogens with zero attached hydrogens (tertiary/aromatic N) is 4. The number of esters is 1. The molecule has 3 heterocycles. The number of rotatable bonds is 8. The van der Waals surface area contributed by atoms with Crippen molar-refractivity contribution < 1.29 is 33.3 Å². The van der Waals surface area contributed by atoms with E-state index in [2.05, 4.69) is 58.6 Å². The molecule has 0 spiro atoms. The highest BCUT2D eigenvalue weighted by atomic mass is 16.7. The third kappa shape index (κ3) is 9.08. The average Bonchev–Trinajstić information content (AvgIpc) is 2.94. The van der Waals surface area contributed by atoms with Gasteiger partial charge in [0.2, 0.25) is 5.91 Å². The summed E-state index contributed by atoms with van der Waals surface area (Å²) in [7, 11) is 9.82. The number of cyclic esters (lactones) is 1. The number of likely N-dealkylation sites (N-methyl/N-ethyl adjacent to an activating group) is 2. The molecule has 266 valence electrons.